The van der Waals surface area contributed by atoms with Crippen LogP contribution >= 0.6 is 22.9 Å². The third-order valence-electron chi connectivity index (χ3n) is 3.18. The van der Waals surface area contributed by atoms with E-state index in [1.807, 2.05) is 0 Å². The van der Waals surface area contributed by atoms with Gasteiger partial charge in [-0.15, -0.1) is 0 Å². The lowest BCUT2D eigenvalue weighted by atomic mass is 10.0. The van der Waals surface area contributed by atoms with E-state index in [9.17, 15) is 9.59 Å². The van der Waals surface area contributed by atoms with Crippen LogP contribution in [0.2, 0.25) is 4.34 Å². The van der Waals surface area contributed by atoms with Crippen LogP contribution < -0.4 is 10.6 Å². The molecule has 2 aromatic rings. The third-order valence-corrected chi connectivity index (χ3v) is 4.21. The molecule has 0 aliphatic heterocycles. The molecule has 0 unspecified atom stereocenters. The number of anilines is 2. The average molecular weight is 352 g/mol. The Morgan fingerprint density at radius 2 is 2.00 bits per heavy atom. The Labute approximate surface area is 144 Å². The van der Waals surface area contributed by atoms with Crippen LogP contribution in [0.5, 0.6) is 0 Å². The maximum absolute atomic E-state index is 12.3. The predicted octanol–water partition coefficient (Wildman–Crippen LogP) is 5.20. The Balaban J connectivity index is 2.01. The number of nitrogens with one attached hydrogen (secondary N) is 2. The van der Waals surface area contributed by atoms with Crippen molar-refractivity contribution in [2.24, 2.45) is 0 Å². The van der Waals surface area contributed by atoms with Crippen LogP contribution in [-0.2, 0) is 0 Å². The van der Waals surface area contributed by atoms with E-state index in [0.717, 1.165) is 19.3 Å². The molecule has 1 aromatic heterocycles. The number of hydrogen-bond donors (Lipinski definition) is 2. The highest BCUT2D eigenvalue weighted by molar-refractivity contribution is 7.19. The summed E-state index contributed by atoms with van der Waals surface area (Å²) in [6.45, 7) is 2.09. The fourth-order valence-corrected chi connectivity index (χ4v) is 2.88. The Kier molecular flexibility index (Phi) is 6.55. The van der Waals surface area contributed by atoms with Crippen molar-refractivity contribution in [1.29, 1.82) is 0 Å². The highest BCUT2D eigenvalue weighted by Crippen LogP contribution is 2.23. The van der Waals surface area contributed by atoms with E-state index in [0.29, 0.717) is 27.1 Å². The fourth-order valence-electron chi connectivity index (χ4n) is 2.07. The summed E-state index contributed by atoms with van der Waals surface area (Å²) in [4.78, 5) is 28.3. The van der Waals surface area contributed by atoms with Gasteiger partial charge in [0.25, 0.3) is 0 Å². The molecule has 0 saturated carbocycles. The van der Waals surface area contributed by atoms with Gasteiger partial charge in [-0.05, 0) is 18.6 Å². The number of halogens is 1. The van der Waals surface area contributed by atoms with Crippen molar-refractivity contribution in [3.8, 4) is 0 Å². The highest BCUT2D eigenvalue weighted by atomic mass is 35.5. The minimum atomic E-state index is -0.454. The fraction of sp³-hybridized carbons (Fsp3) is 0.312. The summed E-state index contributed by atoms with van der Waals surface area (Å²) < 4.78 is 0.492. The Morgan fingerprint density at radius 1 is 1.22 bits per heavy atom. The molecule has 0 radical (unpaired) electrons. The zero-order valence-corrected chi connectivity index (χ0v) is 14.3. The maximum Gasteiger partial charge on any atom is 0.325 e. The van der Waals surface area contributed by atoms with Gasteiger partial charge in [0.2, 0.25) is 0 Å². The summed E-state index contributed by atoms with van der Waals surface area (Å²) in [5.74, 6) is 0.0339. The number of unbranched alkanes of at least 4 members (excludes halogenated alkanes) is 2. The van der Waals surface area contributed by atoms with Crippen LogP contribution in [0, 0.1) is 0 Å². The lowest BCUT2D eigenvalue weighted by molar-refractivity contribution is 0.0980. The van der Waals surface area contributed by atoms with Crippen LogP contribution in [-0.4, -0.2) is 16.8 Å². The molecule has 0 aliphatic carbocycles. The van der Waals surface area contributed by atoms with Crippen LogP contribution in [0.1, 0.15) is 43.0 Å². The summed E-state index contributed by atoms with van der Waals surface area (Å²) in [6, 6.07) is 6.55. The second-order valence-corrected chi connectivity index (χ2v) is 6.64. The van der Waals surface area contributed by atoms with E-state index in [4.69, 9.17) is 11.6 Å². The number of nitrogens with zero attached hydrogens (tertiary/aromatic N) is 1. The first-order chi connectivity index (χ1) is 11.1. The molecule has 0 fully saturated rings. The van der Waals surface area contributed by atoms with Gasteiger partial charge in [-0.25, -0.2) is 9.78 Å². The number of urea groups is 1. The second-order valence-electron chi connectivity index (χ2n) is 4.97. The van der Waals surface area contributed by atoms with Gasteiger partial charge in [0.1, 0.15) is 4.34 Å². The number of Topliss-reactive ketones (excluding diaryl/α,β-unsaturated/α-hetero) is 1. The smallest absolute Gasteiger partial charge is 0.307 e. The van der Waals surface area contributed by atoms with Crippen molar-refractivity contribution in [3.05, 3.63) is 40.4 Å². The van der Waals surface area contributed by atoms with E-state index in [1.165, 1.54) is 17.5 Å². The highest BCUT2D eigenvalue weighted by Gasteiger charge is 2.13. The Morgan fingerprint density at radius 3 is 2.70 bits per heavy atom. The van der Waals surface area contributed by atoms with Crippen molar-refractivity contribution in [3.63, 3.8) is 0 Å². The first-order valence-electron chi connectivity index (χ1n) is 7.41. The number of amides is 2. The van der Waals surface area contributed by atoms with Gasteiger partial charge in [-0.2, -0.15) is 0 Å². The molecule has 122 valence electrons. The predicted molar refractivity (Wildman–Crippen MR) is 94.7 cm³/mol. The molecule has 23 heavy (non-hydrogen) atoms. The molecule has 7 heteroatoms. The zero-order chi connectivity index (χ0) is 16.7. The SMILES string of the molecule is CCCCCC(=O)c1ccccc1NC(=O)Nc1ncc(Cl)s1. The summed E-state index contributed by atoms with van der Waals surface area (Å²) in [6.07, 6.45) is 4.88. The number of ketones is 1. The van der Waals surface area contributed by atoms with E-state index < -0.39 is 6.03 Å². The molecule has 0 aliphatic rings. The Hall–Kier alpha value is -1.92. The average Bonchev–Trinajstić information content (AvgIpc) is 2.92. The van der Waals surface area contributed by atoms with Gasteiger partial charge in [0, 0.05) is 12.0 Å². The lowest BCUT2D eigenvalue weighted by Gasteiger charge is -2.10. The van der Waals surface area contributed by atoms with Crippen LogP contribution in [0.15, 0.2) is 30.5 Å². The number of thiazole rings is 1. The molecular formula is C16H18ClN3O2S. The molecule has 1 heterocycles. The monoisotopic (exact) mass is 351 g/mol. The standard InChI is InChI=1S/C16H18ClN3O2S/c1-2-3-4-9-13(21)11-7-5-6-8-12(11)19-15(22)20-16-18-10-14(17)23-16/h5-8,10H,2-4,9H2,1H3,(H2,18,19,20,22). The number of benzene rings is 1. The van der Waals surface area contributed by atoms with Crippen molar-refractivity contribution < 1.29 is 9.59 Å². The lowest BCUT2D eigenvalue weighted by Crippen LogP contribution is -2.20. The molecule has 0 spiro atoms. The first-order valence-corrected chi connectivity index (χ1v) is 8.61. The molecule has 5 nitrogen and oxygen atoms in total. The first kappa shape index (κ1) is 17.4. The topological polar surface area (TPSA) is 71.1 Å². The quantitative estimate of drug-likeness (QED) is 0.531. The molecule has 2 rings (SSSR count). The molecule has 0 atom stereocenters. The minimum Gasteiger partial charge on any atom is -0.307 e. The van der Waals surface area contributed by atoms with Gasteiger partial charge in [-0.1, -0.05) is 54.8 Å². The summed E-state index contributed by atoms with van der Waals surface area (Å²) in [5, 5.41) is 5.69. The molecule has 2 amide bonds. The van der Waals surface area contributed by atoms with Gasteiger partial charge >= 0.3 is 6.03 Å². The van der Waals surface area contributed by atoms with Gasteiger partial charge in [-0.3, -0.25) is 10.1 Å². The number of para-hydroxylation sites is 1. The normalized spacial score (nSPS) is 10.3. The number of rotatable bonds is 7. The van der Waals surface area contributed by atoms with E-state index in [2.05, 4.69) is 22.5 Å². The number of hydrogen-bond acceptors (Lipinski definition) is 4. The Bertz CT molecular complexity index is 687. The zero-order valence-electron chi connectivity index (χ0n) is 12.8. The van der Waals surface area contributed by atoms with E-state index in [1.54, 1.807) is 24.3 Å². The largest absolute Gasteiger partial charge is 0.325 e. The van der Waals surface area contributed by atoms with Crippen molar-refractivity contribution >= 4 is 45.6 Å². The van der Waals surface area contributed by atoms with Gasteiger partial charge in [0.05, 0.1) is 11.9 Å². The summed E-state index contributed by atoms with van der Waals surface area (Å²) >= 11 is 6.94. The van der Waals surface area contributed by atoms with E-state index in [-0.39, 0.29) is 5.78 Å². The molecule has 0 bridgehead atoms. The van der Waals surface area contributed by atoms with Gasteiger partial charge in [0.15, 0.2) is 10.9 Å². The van der Waals surface area contributed by atoms with Gasteiger partial charge < -0.3 is 5.32 Å². The molecule has 1 aromatic carbocycles. The van der Waals surface area contributed by atoms with Crippen molar-refractivity contribution in [1.82, 2.24) is 4.98 Å². The van der Waals surface area contributed by atoms with Crippen molar-refractivity contribution in [2.45, 2.75) is 32.6 Å². The third kappa shape index (κ3) is 5.33. The summed E-state index contributed by atoms with van der Waals surface area (Å²) in [7, 11) is 0. The molecular weight excluding hydrogens is 334 g/mol. The van der Waals surface area contributed by atoms with Crippen molar-refractivity contribution in [2.75, 3.05) is 10.6 Å². The molecule has 2 N–H and O–H groups in total. The maximum atomic E-state index is 12.3. The van der Waals surface area contributed by atoms with E-state index >= 15 is 0 Å². The number of carbonyl (C=O) groups is 2. The number of aromatic nitrogens is 1. The number of carbonyl (C=O) groups excluding carboxylic acids is 2. The summed E-state index contributed by atoms with van der Waals surface area (Å²) in [5.41, 5.74) is 1.02. The minimum absolute atomic E-state index is 0.0339. The van der Waals surface area contributed by atoms with Crippen LogP contribution in [0.4, 0.5) is 15.6 Å². The van der Waals surface area contributed by atoms with Crippen LogP contribution in [0.25, 0.3) is 0 Å². The van der Waals surface area contributed by atoms with Crippen LogP contribution in [0.3, 0.4) is 0 Å². The second kappa shape index (κ2) is 8.64. The molecule has 0 saturated heterocycles.